The molecule has 12 heteroatoms. The van der Waals surface area contributed by atoms with Crippen molar-refractivity contribution in [2.75, 3.05) is 0 Å². The van der Waals surface area contributed by atoms with Crippen LogP contribution in [-0.4, -0.2) is 14.6 Å². The third kappa shape index (κ3) is 3.38. The fraction of sp³-hybridized carbons (Fsp3) is 0.0769. The van der Waals surface area contributed by atoms with Gasteiger partial charge in [-0.05, 0) is 35.4 Å². The van der Waals surface area contributed by atoms with Gasteiger partial charge in [0.1, 0.15) is 4.90 Å². The SMILES string of the molecule is FC(F)(F)c1nnc2ccc(-c3ccc(S(F)(F)(F)(F)F)cc3)cn12. The van der Waals surface area contributed by atoms with E-state index in [2.05, 4.69) is 10.2 Å². The van der Waals surface area contributed by atoms with Crippen molar-refractivity contribution < 1.29 is 32.6 Å². The highest BCUT2D eigenvalue weighted by atomic mass is 32.5. The van der Waals surface area contributed by atoms with E-state index in [1.165, 1.54) is 12.1 Å². The molecule has 0 aliphatic carbocycles. The molecule has 0 saturated heterocycles. The maximum Gasteiger partial charge on any atom is 0.452 e. The number of halogens is 8. The zero-order valence-electron chi connectivity index (χ0n) is 11.8. The normalized spacial score (nSPS) is 15.8. The first kappa shape index (κ1) is 17.5. The van der Waals surface area contributed by atoms with Gasteiger partial charge in [-0.25, -0.2) is 0 Å². The maximum atomic E-state index is 12.8. The van der Waals surface area contributed by atoms with Gasteiger partial charge in [-0.2, -0.15) is 13.2 Å². The number of fused-ring (bicyclic) bond motifs is 1. The maximum absolute atomic E-state index is 12.8. The lowest BCUT2D eigenvalue weighted by molar-refractivity contribution is -0.145. The van der Waals surface area contributed by atoms with Gasteiger partial charge < -0.3 is 0 Å². The first-order valence-corrected chi connectivity index (χ1v) is 8.37. The van der Waals surface area contributed by atoms with Crippen molar-refractivity contribution in [1.29, 1.82) is 0 Å². The van der Waals surface area contributed by atoms with E-state index in [1.54, 1.807) is 0 Å². The highest BCUT2D eigenvalue weighted by Crippen LogP contribution is 3.02. The minimum absolute atomic E-state index is 0.0225. The molecule has 0 saturated carbocycles. The fourth-order valence-electron chi connectivity index (χ4n) is 2.16. The summed E-state index contributed by atoms with van der Waals surface area (Å²) in [4.78, 5) is -2.08. The Bertz CT molecular complexity index is 958. The van der Waals surface area contributed by atoms with Crippen LogP contribution in [0.3, 0.4) is 0 Å². The average Bonchev–Trinajstić information content (AvgIpc) is 2.88. The summed E-state index contributed by atoms with van der Waals surface area (Å²) < 4.78 is 103. The summed E-state index contributed by atoms with van der Waals surface area (Å²) in [5.74, 6) is -1.31. The third-order valence-corrected chi connectivity index (χ3v) is 4.45. The van der Waals surface area contributed by atoms with E-state index in [1.807, 2.05) is 0 Å². The van der Waals surface area contributed by atoms with Crippen molar-refractivity contribution >= 4 is 15.9 Å². The molecule has 0 unspecified atom stereocenters. The molecule has 0 atom stereocenters. The molecule has 0 N–H and O–H groups in total. The van der Waals surface area contributed by atoms with Crippen molar-refractivity contribution in [1.82, 2.24) is 14.6 Å². The molecule has 3 aromatic rings. The molecule has 0 bridgehead atoms. The summed E-state index contributed by atoms with van der Waals surface area (Å²) >= 11 is 0. The number of aromatic nitrogens is 3. The largest absolute Gasteiger partial charge is 0.452 e. The summed E-state index contributed by atoms with van der Waals surface area (Å²) in [6.45, 7) is 0. The second-order valence-corrected chi connectivity index (χ2v) is 7.57. The summed E-state index contributed by atoms with van der Waals surface area (Å²) in [7, 11) is -9.81. The van der Waals surface area contributed by atoms with Crippen molar-refractivity contribution in [2.24, 2.45) is 0 Å². The number of hydrogen-bond donors (Lipinski definition) is 0. The van der Waals surface area contributed by atoms with Gasteiger partial charge in [-0.1, -0.05) is 31.6 Å². The van der Waals surface area contributed by atoms with Gasteiger partial charge in [-0.15, -0.1) is 10.2 Å². The van der Waals surface area contributed by atoms with Crippen molar-refractivity contribution in [3.8, 4) is 11.1 Å². The molecule has 0 amide bonds. The highest BCUT2D eigenvalue weighted by Gasteiger charge is 2.65. The fourth-order valence-corrected chi connectivity index (χ4v) is 2.81. The number of alkyl halides is 3. The van der Waals surface area contributed by atoms with Crippen LogP contribution >= 0.6 is 10.2 Å². The second-order valence-electron chi connectivity index (χ2n) is 5.16. The van der Waals surface area contributed by atoms with Gasteiger partial charge in [-0.3, -0.25) is 4.40 Å². The van der Waals surface area contributed by atoms with Crippen molar-refractivity contribution in [2.45, 2.75) is 11.1 Å². The van der Waals surface area contributed by atoms with E-state index >= 15 is 0 Å². The third-order valence-electron chi connectivity index (χ3n) is 3.29. The number of hydrogen-bond acceptors (Lipinski definition) is 2. The highest BCUT2D eigenvalue weighted by molar-refractivity contribution is 8.45. The summed E-state index contributed by atoms with van der Waals surface area (Å²) in [6, 6.07) is 4.36. The van der Waals surface area contributed by atoms with Gasteiger partial charge in [0.2, 0.25) is 5.82 Å². The summed E-state index contributed by atoms with van der Waals surface area (Å²) in [5.41, 5.74) is -0.0273. The zero-order chi connectivity index (χ0) is 18.7. The quantitative estimate of drug-likeness (QED) is 0.498. The van der Waals surface area contributed by atoms with Gasteiger partial charge in [0, 0.05) is 6.20 Å². The van der Waals surface area contributed by atoms with Crippen LogP contribution in [0.15, 0.2) is 47.5 Å². The molecule has 0 fully saturated rings. The first-order valence-electron chi connectivity index (χ1n) is 6.42. The zero-order valence-corrected chi connectivity index (χ0v) is 12.6. The Morgan fingerprint density at radius 2 is 1.32 bits per heavy atom. The van der Waals surface area contributed by atoms with Crippen LogP contribution in [0.2, 0.25) is 0 Å². The molecule has 2 heterocycles. The lowest BCUT2D eigenvalue weighted by Crippen LogP contribution is -2.10. The topological polar surface area (TPSA) is 30.2 Å². The molecule has 1 aromatic carbocycles. The van der Waals surface area contributed by atoms with Crippen LogP contribution in [0.1, 0.15) is 5.82 Å². The van der Waals surface area contributed by atoms with E-state index in [0.717, 1.165) is 18.3 Å². The standard InChI is InChI=1S/C13H7F8N3S/c14-13(15,16)12-23-22-11-6-3-9(7-24(11)12)8-1-4-10(5-2-8)25(17,18,19,20)21/h1-7H. The predicted molar refractivity (Wildman–Crippen MR) is 74.8 cm³/mol. The lowest BCUT2D eigenvalue weighted by Gasteiger charge is -2.40. The molecular weight excluding hydrogens is 382 g/mol. The van der Waals surface area contributed by atoms with Crippen LogP contribution in [0.4, 0.5) is 32.6 Å². The van der Waals surface area contributed by atoms with Crippen LogP contribution < -0.4 is 0 Å². The second kappa shape index (κ2) is 4.42. The van der Waals surface area contributed by atoms with E-state index in [9.17, 15) is 32.6 Å². The molecule has 0 radical (unpaired) electrons. The monoisotopic (exact) mass is 389 g/mol. The Kier molecular flexibility index (Phi) is 3.09. The molecule has 3 rings (SSSR count). The molecule has 25 heavy (non-hydrogen) atoms. The van der Waals surface area contributed by atoms with Crippen molar-refractivity contribution in [3.63, 3.8) is 0 Å². The molecule has 3 nitrogen and oxygen atoms in total. The molecular formula is C13H7F8N3S. The predicted octanol–water partition coefficient (Wildman–Crippen LogP) is 6.07. The van der Waals surface area contributed by atoms with E-state index in [4.69, 9.17) is 0 Å². The molecule has 2 aromatic heterocycles. The first-order chi connectivity index (χ1) is 11.1. The van der Waals surface area contributed by atoms with E-state index in [-0.39, 0.29) is 28.9 Å². The number of rotatable bonds is 2. The Morgan fingerprint density at radius 1 is 0.760 bits per heavy atom. The molecule has 136 valence electrons. The number of nitrogens with zero attached hydrogens (tertiary/aromatic N) is 3. The smallest absolute Gasteiger partial charge is 0.278 e. The molecule has 0 aliphatic rings. The summed E-state index contributed by atoms with van der Waals surface area (Å²) in [6.07, 6.45) is -3.82. The molecule has 0 spiro atoms. The van der Waals surface area contributed by atoms with E-state index < -0.39 is 27.1 Å². The number of benzene rings is 1. The van der Waals surface area contributed by atoms with Crippen LogP contribution in [-0.2, 0) is 6.18 Å². The van der Waals surface area contributed by atoms with Crippen molar-refractivity contribution in [3.05, 3.63) is 48.4 Å². The van der Waals surface area contributed by atoms with Crippen LogP contribution in [0.25, 0.3) is 16.8 Å². The minimum Gasteiger partial charge on any atom is -0.278 e. The van der Waals surface area contributed by atoms with Gasteiger partial charge in [0.15, 0.2) is 5.65 Å². The molecule has 0 aliphatic heterocycles. The van der Waals surface area contributed by atoms with Gasteiger partial charge in [0.05, 0.1) is 0 Å². The average molecular weight is 389 g/mol. The Morgan fingerprint density at radius 3 is 1.84 bits per heavy atom. The van der Waals surface area contributed by atoms with E-state index in [0.29, 0.717) is 4.40 Å². The summed E-state index contributed by atoms with van der Waals surface area (Å²) in [5, 5.41) is 6.34. The van der Waals surface area contributed by atoms with Gasteiger partial charge >= 0.3 is 16.4 Å². The lowest BCUT2D eigenvalue weighted by atomic mass is 10.1. The Hall–Kier alpha value is -2.37. The van der Waals surface area contributed by atoms with Gasteiger partial charge in [0.25, 0.3) is 0 Å². The Balaban J connectivity index is 2.09. The van der Waals surface area contributed by atoms with Crippen LogP contribution in [0, 0.1) is 0 Å². The number of pyridine rings is 1. The minimum atomic E-state index is -9.81. The Labute approximate surface area is 134 Å². The van der Waals surface area contributed by atoms with Crippen LogP contribution in [0.5, 0.6) is 0 Å².